The quantitative estimate of drug-likeness (QED) is 0.127. The van der Waals surface area contributed by atoms with E-state index in [2.05, 4.69) is 21.3 Å². The predicted molar refractivity (Wildman–Crippen MR) is 199 cm³/mol. The van der Waals surface area contributed by atoms with Gasteiger partial charge in [-0.15, -0.1) is 23.2 Å². The van der Waals surface area contributed by atoms with Gasteiger partial charge in [0.1, 0.15) is 10.1 Å². The summed E-state index contributed by atoms with van der Waals surface area (Å²) in [6.07, 6.45) is -0.513. The van der Waals surface area contributed by atoms with Gasteiger partial charge in [-0.05, 0) is 111 Å². The van der Waals surface area contributed by atoms with Crippen LogP contribution in [-0.2, 0) is 11.3 Å². The van der Waals surface area contributed by atoms with Crippen LogP contribution in [0, 0.1) is 12.8 Å². The molecule has 1 aliphatic rings. The highest BCUT2D eigenvalue weighted by Gasteiger charge is 2.67. The van der Waals surface area contributed by atoms with E-state index in [1.54, 1.807) is 42.5 Å². The van der Waals surface area contributed by atoms with E-state index in [0.29, 0.717) is 39.3 Å². The number of carbonyl (C=O) groups is 3. The number of hydrogen-bond acceptors (Lipinski definition) is 5. The molecule has 0 saturated heterocycles. The summed E-state index contributed by atoms with van der Waals surface area (Å²) in [6.45, 7) is 8.03. The van der Waals surface area contributed by atoms with Gasteiger partial charge in [-0.2, -0.15) is 0 Å². The molecule has 1 saturated carbocycles. The summed E-state index contributed by atoms with van der Waals surface area (Å²) in [7, 11) is 0. The Kier molecular flexibility index (Phi) is 11.0. The first kappa shape index (κ1) is 36.6. The van der Waals surface area contributed by atoms with Gasteiger partial charge in [0, 0.05) is 45.1 Å². The highest BCUT2D eigenvalue weighted by molar-refractivity contribution is 6.53. The molecule has 4 aromatic carbocycles. The number of nitrogens with one attached hydrogen (secondary N) is 4. The predicted octanol–water partition coefficient (Wildman–Crippen LogP) is 10.2. The molecule has 49 heavy (non-hydrogen) atoms. The number of aryl methyl sites for hydroxylation is 1. The van der Waals surface area contributed by atoms with Crippen molar-refractivity contribution < 1.29 is 19.1 Å². The van der Waals surface area contributed by atoms with Crippen LogP contribution in [0.1, 0.15) is 53.7 Å². The fraction of sp³-hybridized carbons (Fsp3) is 0.250. The summed E-state index contributed by atoms with van der Waals surface area (Å²) in [4.78, 5) is 38.5. The van der Waals surface area contributed by atoms with Crippen LogP contribution in [0.4, 0.5) is 21.9 Å². The molecule has 13 heteroatoms. The molecule has 2 unspecified atom stereocenters. The molecular formula is C36H33Cl5N4O4. The van der Waals surface area contributed by atoms with Gasteiger partial charge in [-0.1, -0.05) is 46.9 Å². The maximum absolute atomic E-state index is 13.3. The van der Waals surface area contributed by atoms with Gasteiger partial charge in [0.2, 0.25) is 5.91 Å². The fourth-order valence-electron chi connectivity index (χ4n) is 5.24. The van der Waals surface area contributed by atoms with Crippen molar-refractivity contribution in [1.29, 1.82) is 0 Å². The van der Waals surface area contributed by atoms with Gasteiger partial charge in [-0.25, -0.2) is 4.79 Å². The number of ether oxygens (including phenoxy) is 1. The van der Waals surface area contributed by atoms with Gasteiger partial charge < -0.3 is 26.0 Å². The Bertz CT molecular complexity index is 1890. The maximum Gasteiger partial charge on any atom is 0.413 e. The van der Waals surface area contributed by atoms with Crippen molar-refractivity contribution in [3.05, 3.63) is 116 Å². The first-order valence-corrected chi connectivity index (χ1v) is 17.1. The van der Waals surface area contributed by atoms with Crippen molar-refractivity contribution in [3.63, 3.8) is 0 Å². The van der Waals surface area contributed by atoms with E-state index in [-0.39, 0.29) is 10.6 Å². The Labute approximate surface area is 309 Å². The summed E-state index contributed by atoms with van der Waals surface area (Å²) < 4.78 is 3.97. The Balaban J connectivity index is 1.18. The zero-order valence-corrected chi connectivity index (χ0v) is 30.7. The molecule has 0 aromatic heterocycles. The fourth-order valence-corrected chi connectivity index (χ4v) is 6.82. The largest absolute Gasteiger partial charge is 0.413 e. The smallest absolute Gasteiger partial charge is 0.410 e. The summed E-state index contributed by atoms with van der Waals surface area (Å²) in [5.41, 5.74) is 4.00. The van der Waals surface area contributed by atoms with Crippen molar-refractivity contribution in [2.24, 2.45) is 5.92 Å². The van der Waals surface area contributed by atoms with Crippen molar-refractivity contribution >= 4 is 93.0 Å². The minimum atomic E-state index is -1.35. The second-order valence-electron chi connectivity index (χ2n) is 12.8. The molecule has 1 aliphatic carbocycles. The van der Waals surface area contributed by atoms with E-state index < -0.39 is 39.6 Å². The molecular weight excluding hydrogens is 730 g/mol. The lowest BCUT2D eigenvalue weighted by Gasteiger charge is -2.19. The molecule has 8 nitrogen and oxygen atoms in total. The van der Waals surface area contributed by atoms with E-state index in [1.807, 2.05) is 52.0 Å². The minimum absolute atomic E-state index is 0.168. The molecule has 5 rings (SSSR count). The van der Waals surface area contributed by atoms with Crippen molar-refractivity contribution in [1.82, 2.24) is 5.32 Å². The summed E-state index contributed by atoms with van der Waals surface area (Å²) in [5.74, 6) is -1.72. The van der Waals surface area contributed by atoms with E-state index in [0.717, 1.165) is 16.8 Å². The number of hydrogen-bond donors (Lipinski definition) is 4. The average Bonchev–Trinajstić information content (AvgIpc) is 3.59. The molecule has 4 aromatic rings. The van der Waals surface area contributed by atoms with Crippen LogP contribution in [0.5, 0.6) is 5.75 Å². The molecule has 256 valence electrons. The zero-order valence-electron chi connectivity index (χ0n) is 26.9. The number of alkyl halides is 2. The first-order valence-electron chi connectivity index (χ1n) is 15.2. The number of halogens is 5. The lowest BCUT2D eigenvalue weighted by atomic mass is 10.1. The topological polar surface area (TPSA) is 109 Å². The highest BCUT2D eigenvalue weighted by Crippen LogP contribution is 2.65. The van der Waals surface area contributed by atoms with Gasteiger partial charge in [0.25, 0.3) is 5.91 Å². The number of benzene rings is 4. The van der Waals surface area contributed by atoms with Crippen LogP contribution in [-0.4, -0.2) is 27.8 Å². The SMILES string of the molecule is Cc1cc(NCc2ccc(OC(=O)NC(C)(C)C)cc2)ccc1NC(=O)c1cc(NC(=O)C2C(c3cc(Cl)cc(Cl)c3)C2(Cl)Cl)ccc1Cl. The Morgan fingerprint density at radius 2 is 1.47 bits per heavy atom. The third-order valence-corrected chi connectivity index (χ3v) is 9.35. The van der Waals surface area contributed by atoms with Crippen molar-refractivity contribution in [2.75, 3.05) is 16.0 Å². The molecule has 0 spiro atoms. The standard InChI is InChI=1S/C36H33Cl5N4O4/c1-19-13-24(42-18-20-5-9-26(10-6-20)49-34(48)45-35(2,3)4)8-12-29(19)44-32(46)27-17-25(7-11-28(27)39)43-33(47)31-30(36(31,40)41)21-14-22(37)16-23(38)15-21/h5-17,30-31,42H,18H2,1-4H3,(H,43,47)(H,44,46)(H,45,48). The van der Waals surface area contributed by atoms with Crippen LogP contribution in [0.2, 0.25) is 15.1 Å². The van der Waals surface area contributed by atoms with Gasteiger partial charge in [-0.3, -0.25) is 9.59 Å². The molecule has 0 heterocycles. The van der Waals surface area contributed by atoms with Crippen molar-refractivity contribution in [3.8, 4) is 5.75 Å². The molecule has 1 fully saturated rings. The maximum atomic E-state index is 13.3. The lowest BCUT2D eigenvalue weighted by Crippen LogP contribution is -2.42. The summed E-state index contributed by atoms with van der Waals surface area (Å²) in [5, 5.41) is 12.8. The van der Waals surface area contributed by atoms with Crippen LogP contribution >= 0.6 is 58.0 Å². The number of anilines is 3. The Morgan fingerprint density at radius 1 is 0.816 bits per heavy atom. The third-order valence-electron chi connectivity index (χ3n) is 7.64. The first-order chi connectivity index (χ1) is 23.0. The molecule has 3 amide bonds. The lowest BCUT2D eigenvalue weighted by molar-refractivity contribution is -0.117. The Morgan fingerprint density at radius 3 is 2.10 bits per heavy atom. The highest BCUT2D eigenvalue weighted by atomic mass is 35.5. The second-order valence-corrected chi connectivity index (χ2v) is 15.5. The zero-order chi connectivity index (χ0) is 35.7. The summed E-state index contributed by atoms with van der Waals surface area (Å²) >= 11 is 31.7. The van der Waals surface area contributed by atoms with E-state index in [4.69, 9.17) is 62.7 Å². The Hall–Kier alpha value is -3.66. The minimum Gasteiger partial charge on any atom is -0.410 e. The van der Waals surface area contributed by atoms with Crippen LogP contribution in [0.25, 0.3) is 0 Å². The van der Waals surface area contributed by atoms with Gasteiger partial charge in [0.05, 0.1) is 16.5 Å². The van der Waals surface area contributed by atoms with Crippen molar-refractivity contribution in [2.45, 2.75) is 50.0 Å². The van der Waals surface area contributed by atoms with E-state index in [1.165, 1.54) is 12.1 Å². The monoisotopic (exact) mass is 760 g/mol. The number of rotatable bonds is 9. The molecule has 2 atom stereocenters. The number of carbonyl (C=O) groups excluding carboxylic acids is 3. The van der Waals surface area contributed by atoms with E-state index in [9.17, 15) is 14.4 Å². The van der Waals surface area contributed by atoms with E-state index >= 15 is 0 Å². The van der Waals surface area contributed by atoms with Gasteiger partial charge in [0.15, 0.2) is 0 Å². The third kappa shape index (κ3) is 9.32. The van der Waals surface area contributed by atoms with Crippen LogP contribution in [0.3, 0.4) is 0 Å². The summed E-state index contributed by atoms with van der Waals surface area (Å²) in [6, 6.07) is 22.3. The second kappa shape index (κ2) is 14.7. The molecule has 0 aliphatic heterocycles. The normalized spacial score (nSPS) is 16.3. The van der Waals surface area contributed by atoms with Crippen LogP contribution < -0.4 is 26.0 Å². The molecule has 4 N–H and O–H groups in total. The molecule has 0 bridgehead atoms. The average molecular weight is 763 g/mol. The van der Waals surface area contributed by atoms with Gasteiger partial charge >= 0.3 is 6.09 Å². The molecule has 0 radical (unpaired) electrons. The van der Waals surface area contributed by atoms with Crippen LogP contribution in [0.15, 0.2) is 78.9 Å². The number of amides is 3.